The maximum atomic E-state index is 2.16. The molecule has 0 aliphatic rings. The molecule has 0 fully saturated rings. The molecule has 0 bridgehead atoms. The second kappa shape index (κ2) is 4.33. The normalized spacial score (nSPS) is 8.11. The van der Waals surface area contributed by atoms with Crippen LogP contribution in [0.5, 0.6) is 0 Å². The number of hydrogen-bond acceptors (Lipinski definition) is 0. The van der Waals surface area contributed by atoms with Gasteiger partial charge in [0, 0.05) is 11.0 Å². The van der Waals surface area contributed by atoms with Crippen molar-refractivity contribution < 1.29 is 0 Å². The molecule has 1 aromatic rings. The minimum atomic E-state index is 0. The number of aryl methyl sites for hydroxylation is 1. The van der Waals surface area contributed by atoms with Crippen molar-refractivity contribution in [3.8, 4) is 0 Å². The zero-order chi connectivity index (χ0) is 5.82. The van der Waals surface area contributed by atoms with E-state index in [2.05, 4.69) is 31.2 Å². The fourth-order valence-electron chi connectivity index (χ4n) is 0.714. The van der Waals surface area contributed by atoms with Gasteiger partial charge in [0.2, 0.25) is 0 Å². The van der Waals surface area contributed by atoms with E-state index in [1.165, 1.54) is 5.56 Å². The SMILES string of the molecule is CCc1ccccc1.[Si]. The van der Waals surface area contributed by atoms with Crippen LogP contribution in [0.2, 0.25) is 0 Å². The monoisotopic (exact) mass is 134 g/mol. The van der Waals surface area contributed by atoms with Crippen LogP contribution in [0.25, 0.3) is 0 Å². The van der Waals surface area contributed by atoms with E-state index in [9.17, 15) is 0 Å². The highest BCUT2D eigenvalue weighted by atomic mass is 28.1. The first-order valence-electron chi connectivity index (χ1n) is 2.97. The van der Waals surface area contributed by atoms with Gasteiger partial charge in [-0.2, -0.15) is 0 Å². The fraction of sp³-hybridized carbons (Fsp3) is 0.250. The molecule has 0 aromatic heterocycles. The zero-order valence-corrected chi connectivity index (χ0v) is 6.59. The summed E-state index contributed by atoms with van der Waals surface area (Å²) in [6.07, 6.45) is 1.14. The zero-order valence-electron chi connectivity index (χ0n) is 5.59. The lowest BCUT2D eigenvalue weighted by atomic mass is 10.2. The Bertz CT molecular complexity index is 146. The summed E-state index contributed by atoms with van der Waals surface area (Å²) >= 11 is 0. The van der Waals surface area contributed by atoms with Crippen molar-refractivity contribution in [3.63, 3.8) is 0 Å². The molecule has 0 N–H and O–H groups in total. The summed E-state index contributed by atoms with van der Waals surface area (Å²) in [5.74, 6) is 0. The van der Waals surface area contributed by atoms with Crippen LogP contribution in [-0.4, -0.2) is 11.0 Å². The lowest BCUT2D eigenvalue weighted by molar-refractivity contribution is 1.14. The molecule has 0 aliphatic heterocycles. The summed E-state index contributed by atoms with van der Waals surface area (Å²) in [5.41, 5.74) is 1.41. The van der Waals surface area contributed by atoms with E-state index in [1.54, 1.807) is 0 Å². The fourth-order valence-corrected chi connectivity index (χ4v) is 0.714. The predicted octanol–water partition coefficient (Wildman–Crippen LogP) is 1.87. The first kappa shape index (κ1) is 8.44. The molecule has 0 amide bonds. The van der Waals surface area contributed by atoms with Crippen molar-refractivity contribution in [2.24, 2.45) is 0 Å². The van der Waals surface area contributed by atoms with Crippen molar-refractivity contribution in [2.75, 3.05) is 0 Å². The maximum absolute atomic E-state index is 2.16. The minimum Gasteiger partial charge on any atom is -0.0622 e. The highest BCUT2D eigenvalue weighted by Gasteiger charge is 1.79. The second-order valence-electron chi connectivity index (χ2n) is 1.84. The molecule has 0 aliphatic carbocycles. The van der Waals surface area contributed by atoms with E-state index in [0.29, 0.717) is 0 Å². The van der Waals surface area contributed by atoms with Crippen molar-refractivity contribution >= 4 is 11.0 Å². The number of hydrogen-bond donors (Lipinski definition) is 0. The number of rotatable bonds is 1. The topological polar surface area (TPSA) is 0 Å². The van der Waals surface area contributed by atoms with E-state index < -0.39 is 0 Å². The lowest BCUT2D eigenvalue weighted by Gasteiger charge is -1.89. The van der Waals surface area contributed by atoms with Gasteiger partial charge in [0.05, 0.1) is 0 Å². The van der Waals surface area contributed by atoms with E-state index in [4.69, 9.17) is 0 Å². The molecule has 1 rings (SSSR count). The summed E-state index contributed by atoms with van der Waals surface area (Å²) in [5, 5.41) is 0. The van der Waals surface area contributed by atoms with Gasteiger partial charge in [-0.1, -0.05) is 37.3 Å². The third-order valence-corrected chi connectivity index (χ3v) is 1.25. The summed E-state index contributed by atoms with van der Waals surface area (Å²) < 4.78 is 0. The molecular formula is C8H10Si. The third kappa shape index (κ3) is 2.47. The maximum Gasteiger partial charge on any atom is 0 e. The van der Waals surface area contributed by atoms with Gasteiger partial charge >= 0.3 is 0 Å². The standard InChI is InChI=1S/C8H10.Si/c1-2-8-6-4-3-5-7-8;/h3-7H,2H2,1H3;. The van der Waals surface area contributed by atoms with Crippen molar-refractivity contribution in [3.05, 3.63) is 35.9 Å². The molecule has 0 heterocycles. The predicted molar refractivity (Wildman–Crippen MR) is 41.6 cm³/mol. The van der Waals surface area contributed by atoms with Gasteiger partial charge < -0.3 is 0 Å². The molecule has 0 nitrogen and oxygen atoms in total. The first-order valence-corrected chi connectivity index (χ1v) is 2.97. The van der Waals surface area contributed by atoms with Crippen molar-refractivity contribution in [2.45, 2.75) is 13.3 Å². The van der Waals surface area contributed by atoms with Crippen LogP contribution in [0.15, 0.2) is 30.3 Å². The highest BCUT2D eigenvalue weighted by Crippen LogP contribution is 1.96. The molecule has 0 spiro atoms. The van der Waals surface area contributed by atoms with Gasteiger partial charge in [-0.3, -0.25) is 0 Å². The van der Waals surface area contributed by atoms with Crippen molar-refractivity contribution in [1.29, 1.82) is 0 Å². The Morgan fingerprint density at radius 3 is 2.00 bits per heavy atom. The minimum absolute atomic E-state index is 0. The average Bonchev–Trinajstić information content (AvgIpc) is 1.90. The van der Waals surface area contributed by atoms with Crippen LogP contribution in [0.1, 0.15) is 12.5 Å². The Labute approximate surface area is 60.9 Å². The molecule has 9 heavy (non-hydrogen) atoms. The molecule has 0 unspecified atom stereocenters. The van der Waals surface area contributed by atoms with Gasteiger partial charge in [-0.05, 0) is 12.0 Å². The lowest BCUT2D eigenvalue weighted by Crippen LogP contribution is -1.73. The van der Waals surface area contributed by atoms with Gasteiger partial charge in [0.25, 0.3) is 0 Å². The van der Waals surface area contributed by atoms with Gasteiger partial charge in [0.15, 0.2) is 0 Å². The summed E-state index contributed by atoms with van der Waals surface area (Å²) in [7, 11) is 0. The summed E-state index contributed by atoms with van der Waals surface area (Å²) in [6, 6.07) is 10.5. The van der Waals surface area contributed by atoms with Gasteiger partial charge in [-0.15, -0.1) is 0 Å². The van der Waals surface area contributed by atoms with Crippen LogP contribution in [0, 0.1) is 0 Å². The second-order valence-corrected chi connectivity index (χ2v) is 1.84. The molecule has 0 atom stereocenters. The van der Waals surface area contributed by atoms with E-state index in [-0.39, 0.29) is 11.0 Å². The number of benzene rings is 1. The Kier molecular flexibility index (Phi) is 4.06. The van der Waals surface area contributed by atoms with Crippen molar-refractivity contribution in [1.82, 2.24) is 0 Å². The average molecular weight is 134 g/mol. The molecule has 0 saturated heterocycles. The van der Waals surface area contributed by atoms with E-state index >= 15 is 0 Å². The Morgan fingerprint density at radius 1 is 1.11 bits per heavy atom. The first-order chi connectivity index (χ1) is 3.93. The van der Waals surface area contributed by atoms with Crippen LogP contribution in [0.3, 0.4) is 0 Å². The summed E-state index contributed by atoms with van der Waals surface area (Å²) in [6.45, 7) is 2.16. The molecule has 1 aromatic carbocycles. The van der Waals surface area contributed by atoms with E-state index in [1.807, 2.05) is 6.07 Å². The smallest absolute Gasteiger partial charge is 0 e. The quantitative estimate of drug-likeness (QED) is 0.514. The van der Waals surface area contributed by atoms with Crippen LogP contribution < -0.4 is 0 Å². The molecule has 1 heteroatoms. The summed E-state index contributed by atoms with van der Waals surface area (Å²) in [4.78, 5) is 0. The molecule has 46 valence electrons. The largest absolute Gasteiger partial charge is 0.0622 e. The van der Waals surface area contributed by atoms with Crippen LogP contribution in [0.4, 0.5) is 0 Å². The van der Waals surface area contributed by atoms with Crippen LogP contribution >= 0.6 is 0 Å². The highest BCUT2D eigenvalue weighted by molar-refractivity contribution is 5.75. The van der Waals surface area contributed by atoms with Gasteiger partial charge in [-0.25, -0.2) is 0 Å². The molecule has 4 radical (unpaired) electrons. The third-order valence-electron chi connectivity index (χ3n) is 1.25. The molecular weight excluding hydrogens is 124 g/mol. The Hall–Kier alpha value is -0.563. The molecule has 0 saturated carbocycles. The van der Waals surface area contributed by atoms with E-state index in [0.717, 1.165) is 6.42 Å². The van der Waals surface area contributed by atoms with Crippen LogP contribution in [-0.2, 0) is 6.42 Å². The Balaban J connectivity index is 0.000000640. The van der Waals surface area contributed by atoms with Gasteiger partial charge in [0.1, 0.15) is 0 Å². The Morgan fingerprint density at radius 2 is 1.67 bits per heavy atom.